The number of aryl methyl sites for hydroxylation is 4. The van der Waals surface area contributed by atoms with E-state index in [-0.39, 0.29) is 15.4 Å². The van der Waals surface area contributed by atoms with Crippen LogP contribution < -0.4 is 14.8 Å². The summed E-state index contributed by atoms with van der Waals surface area (Å²) in [6, 6.07) is 20.2. The molecule has 4 rings (SSSR count). The SMILES string of the molecule is Cc1ccc(NS(=O)(=O)c2cc(C(=O)Nc3ccc(S(=O)(=O)Nc4cc(Cl)ccc4C)cc3)ccc2C)cc1C. The van der Waals surface area contributed by atoms with Gasteiger partial charge in [0.1, 0.15) is 0 Å². The number of carbonyl (C=O) groups excluding carboxylic acids is 1. The molecular formula is C29H28ClN3O5S2. The van der Waals surface area contributed by atoms with Crippen LogP contribution in [-0.4, -0.2) is 22.7 Å². The summed E-state index contributed by atoms with van der Waals surface area (Å²) >= 11 is 5.99. The van der Waals surface area contributed by atoms with Crippen LogP contribution in [0.1, 0.15) is 32.6 Å². The highest BCUT2D eigenvalue weighted by Gasteiger charge is 2.20. The van der Waals surface area contributed by atoms with Crippen molar-refractivity contribution in [2.24, 2.45) is 0 Å². The molecule has 0 atom stereocenters. The van der Waals surface area contributed by atoms with Crippen LogP contribution in [0.4, 0.5) is 17.1 Å². The van der Waals surface area contributed by atoms with Crippen molar-refractivity contribution in [3.05, 3.63) is 112 Å². The predicted molar refractivity (Wildman–Crippen MR) is 159 cm³/mol. The van der Waals surface area contributed by atoms with Crippen molar-refractivity contribution in [1.29, 1.82) is 0 Å². The van der Waals surface area contributed by atoms with Crippen LogP contribution in [0, 0.1) is 27.7 Å². The third-order valence-electron chi connectivity index (χ3n) is 6.37. The lowest BCUT2D eigenvalue weighted by Crippen LogP contribution is -2.17. The number of hydrogen-bond donors (Lipinski definition) is 3. The van der Waals surface area contributed by atoms with Gasteiger partial charge < -0.3 is 5.32 Å². The van der Waals surface area contributed by atoms with Gasteiger partial charge in [0.15, 0.2) is 0 Å². The smallest absolute Gasteiger partial charge is 0.262 e. The summed E-state index contributed by atoms with van der Waals surface area (Å²) in [7, 11) is -7.87. The summed E-state index contributed by atoms with van der Waals surface area (Å²) < 4.78 is 57.1. The van der Waals surface area contributed by atoms with Gasteiger partial charge >= 0.3 is 0 Å². The van der Waals surface area contributed by atoms with Crippen molar-refractivity contribution in [2.75, 3.05) is 14.8 Å². The van der Waals surface area contributed by atoms with Gasteiger partial charge in [-0.3, -0.25) is 14.2 Å². The first kappa shape index (κ1) is 29.1. The van der Waals surface area contributed by atoms with Gasteiger partial charge in [0.05, 0.1) is 15.5 Å². The molecule has 8 nitrogen and oxygen atoms in total. The molecule has 208 valence electrons. The Morgan fingerprint density at radius 3 is 1.93 bits per heavy atom. The molecule has 0 unspecified atom stereocenters. The van der Waals surface area contributed by atoms with E-state index >= 15 is 0 Å². The second-order valence-electron chi connectivity index (χ2n) is 9.43. The summed E-state index contributed by atoms with van der Waals surface area (Å²) in [5.41, 5.74) is 4.41. The Labute approximate surface area is 239 Å². The van der Waals surface area contributed by atoms with E-state index in [9.17, 15) is 21.6 Å². The highest BCUT2D eigenvalue weighted by Crippen LogP contribution is 2.25. The number of hydrogen-bond acceptors (Lipinski definition) is 5. The van der Waals surface area contributed by atoms with E-state index < -0.39 is 26.0 Å². The van der Waals surface area contributed by atoms with Crippen LogP contribution in [0.3, 0.4) is 0 Å². The molecule has 4 aromatic rings. The molecule has 0 radical (unpaired) electrons. The average molecular weight is 598 g/mol. The van der Waals surface area contributed by atoms with Crippen molar-refractivity contribution >= 4 is 54.6 Å². The van der Waals surface area contributed by atoms with E-state index in [2.05, 4.69) is 14.8 Å². The topological polar surface area (TPSA) is 121 Å². The zero-order valence-electron chi connectivity index (χ0n) is 22.2. The zero-order chi connectivity index (χ0) is 29.2. The molecule has 0 aliphatic heterocycles. The van der Waals surface area contributed by atoms with Crippen LogP contribution in [0.2, 0.25) is 5.02 Å². The Morgan fingerprint density at radius 1 is 0.625 bits per heavy atom. The fraction of sp³-hybridized carbons (Fsp3) is 0.138. The monoisotopic (exact) mass is 597 g/mol. The molecule has 0 spiro atoms. The van der Waals surface area contributed by atoms with Crippen molar-refractivity contribution in [2.45, 2.75) is 37.5 Å². The molecule has 0 saturated heterocycles. The maximum absolute atomic E-state index is 13.1. The fourth-order valence-corrected chi connectivity index (χ4v) is 6.49. The molecule has 0 heterocycles. The number of carbonyl (C=O) groups is 1. The Hall–Kier alpha value is -3.86. The summed E-state index contributed by atoms with van der Waals surface area (Å²) in [6.07, 6.45) is 0. The van der Waals surface area contributed by atoms with Crippen LogP contribution in [0.15, 0.2) is 88.7 Å². The van der Waals surface area contributed by atoms with E-state index in [4.69, 9.17) is 11.6 Å². The molecule has 1 amide bonds. The Bertz CT molecular complexity index is 1820. The van der Waals surface area contributed by atoms with E-state index in [0.717, 1.165) is 11.1 Å². The largest absolute Gasteiger partial charge is 0.322 e. The van der Waals surface area contributed by atoms with Crippen LogP contribution in [0.25, 0.3) is 0 Å². The van der Waals surface area contributed by atoms with Crippen LogP contribution >= 0.6 is 11.6 Å². The fourth-order valence-electron chi connectivity index (χ4n) is 3.87. The van der Waals surface area contributed by atoms with E-state index in [0.29, 0.717) is 33.2 Å². The highest BCUT2D eigenvalue weighted by molar-refractivity contribution is 7.93. The predicted octanol–water partition coefficient (Wildman–Crippen LogP) is 6.43. The number of amides is 1. The van der Waals surface area contributed by atoms with E-state index in [1.807, 2.05) is 19.9 Å². The van der Waals surface area contributed by atoms with Gasteiger partial charge in [-0.25, -0.2) is 16.8 Å². The second kappa shape index (κ2) is 11.3. The molecule has 3 N–H and O–H groups in total. The number of nitrogens with one attached hydrogen (secondary N) is 3. The summed E-state index contributed by atoms with van der Waals surface area (Å²) in [6.45, 7) is 7.23. The Morgan fingerprint density at radius 2 is 1.25 bits per heavy atom. The van der Waals surface area contributed by atoms with Gasteiger partial charge in [0.2, 0.25) is 0 Å². The molecule has 40 heavy (non-hydrogen) atoms. The van der Waals surface area contributed by atoms with Crippen molar-refractivity contribution in [1.82, 2.24) is 0 Å². The molecule has 0 fully saturated rings. The Balaban J connectivity index is 1.51. The van der Waals surface area contributed by atoms with Crippen molar-refractivity contribution in [3.63, 3.8) is 0 Å². The number of halogens is 1. The van der Waals surface area contributed by atoms with Crippen LogP contribution in [-0.2, 0) is 20.0 Å². The number of rotatable bonds is 8. The first-order chi connectivity index (χ1) is 18.7. The van der Waals surface area contributed by atoms with Gasteiger partial charge in [0.25, 0.3) is 26.0 Å². The molecule has 0 aromatic heterocycles. The minimum Gasteiger partial charge on any atom is -0.322 e. The lowest BCUT2D eigenvalue weighted by molar-refractivity contribution is 0.102. The summed E-state index contributed by atoms with van der Waals surface area (Å²) in [5.74, 6) is -0.550. The van der Waals surface area contributed by atoms with Crippen molar-refractivity contribution < 1.29 is 21.6 Å². The molecule has 11 heteroatoms. The van der Waals surface area contributed by atoms with Gasteiger partial charge in [-0.2, -0.15) is 0 Å². The van der Waals surface area contributed by atoms with E-state index in [1.165, 1.54) is 42.5 Å². The van der Waals surface area contributed by atoms with Crippen LogP contribution in [0.5, 0.6) is 0 Å². The normalized spacial score (nSPS) is 11.6. The lowest BCUT2D eigenvalue weighted by Gasteiger charge is -2.14. The molecule has 0 aliphatic carbocycles. The number of anilines is 3. The third-order valence-corrected chi connectivity index (χ3v) is 9.51. The lowest BCUT2D eigenvalue weighted by atomic mass is 10.1. The molecule has 4 aromatic carbocycles. The minimum absolute atomic E-state index is 0.00833. The minimum atomic E-state index is -3.97. The molecule has 0 aliphatic rings. The molecule has 0 bridgehead atoms. The molecule has 0 saturated carbocycles. The summed E-state index contributed by atoms with van der Waals surface area (Å²) in [5, 5.41) is 3.08. The van der Waals surface area contributed by atoms with Gasteiger partial charge in [-0.15, -0.1) is 0 Å². The van der Waals surface area contributed by atoms with Gasteiger partial charge in [0, 0.05) is 22.0 Å². The highest BCUT2D eigenvalue weighted by atomic mass is 35.5. The first-order valence-corrected chi connectivity index (χ1v) is 15.5. The standard InChI is InChI=1S/C29H28ClN3O5S2/c1-18-7-10-25(15-21(18)4)32-40(37,38)28-16-22(8-5-20(28)3)29(34)31-24-11-13-26(14-12-24)39(35,36)33-27-17-23(30)9-6-19(27)2/h5-17,32-33H,1-4H3,(H,31,34). The average Bonchev–Trinajstić information content (AvgIpc) is 2.88. The second-order valence-corrected chi connectivity index (χ2v) is 13.2. The van der Waals surface area contributed by atoms with Crippen molar-refractivity contribution in [3.8, 4) is 0 Å². The maximum Gasteiger partial charge on any atom is 0.262 e. The summed E-state index contributed by atoms with van der Waals surface area (Å²) in [4.78, 5) is 12.9. The van der Waals surface area contributed by atoms with Gasteiger partial charge in [-0.05, 0) is 111 Å². The zero-order valence-corrected chi connectivity index (χ0v) is 24.6. The third kappa shape index (κ3) is 6.64. The number of sulfonamides is 2. The van der Waals surface area contributed by atoms with Gasteiger partial charge in [-0.1, -0.05) is 29.8 Å². The quantitative estimate of drug-likeness (QED) is 0.216. The first-order valence-electron chi connectivity index (χ1n) is 12.2. The van der Waals surface area contributed by atoms with E-state index in [1.54, 1.807) is 44.2 Å². The Kier molecular flexibility index (Phi) is 8.25. The molecular weight excluding hydrogens is 570 g/mol. The maximum atomic E-state index is 13.1. The number of benzene rings is 4.